The lowest BCUT2D eigenvalue weighted by Gasteiger charge is -2.34. The number of amides is 3. The molecule has 2 heterocycles. The molecule has 0 radical (unpaired) electrons. The van der Waals surface area contributed by atoms with Gasteiger partial charge in [-0.2, -0.15) is 0 Å². The molecule has 0 spiro atoms. The summed E-state index contributed by atoms with van der Waals surface area (Å²) in [5, 5.41) is 5.12. The van der Waals surface area contributed by atoms with Gasteiger partial charge in [0.05, 0.1) is 7.11 Å². The third-order valence-electron chi connectivity index (χ3n) is 4.50. The second kappa shape index (κ2) is 9.67. The predicted octanol–water partition coefficient (Wildman–Crippen LogP) is 1.48. The third kappa shape index (κ3) is 5.53. The standard InChI is InChI=1S/C19H23FN6O3/c1-29-16-4-3-14(13-15(16)20)24-19(28)23-8-5-17(27)25-9-11-26(12-10-25)18-21-6-2-7-22-18/h2-4,6-7,13H,5,8-12H2,1H3,(H2,23,24,28). The van der Waals surface area contributed by atoms with Gasteiger partial charge in [-0.1, -0.05) is 0 Å². The zero-order valence-corrected chi connectivity index (χ0v) is 16.1. The molecule has 2 aromatic rings. The van der Waals surface area contributed by atoms with Crippen LogP contribution in [0.15, 0.2) is 36.7 Å². The van der Waals surface area contributed by atoms with E-state index in [0.29, 0.717) is 37.8 Å². The molecule has 2 N–H and O–H groups in total. The summed E-state index contributed by atoms with van der Waals surface area (Å²) in [6.07, 6.45) is 3.57. The molecular formula is C19H23FN6O3. The fourth-order valence-corrected chi connectivity index (χ4v) is 2.97. The number of aromatic nitrogens is 2. The van der Waals surface area contributed by atoms with E-state index < -0.39 is 11.8 Å². The minimum atomic E-state index is -0.569. The molecule has 3 amide bonds. The summed E-state index contributed by atoms with van der Waals surface area (Å²) in [6, 6.07) is 5.38. The number of hydrogen-bond acceptors (Lipinski definition) is 6. The molecule has 1 aliphatic rings. The van der Waals surface area contributed by atoms with Crippen LogP contribution in [0, 0.1) is 5.82 Å². The number of nitrogens with zero attached hydrogens (tertiary/aromatic N) is 4. The maximum absolute atomic E-state index is 13.6. The van der Waals surface area contributed by atoms with Crippen LogP contribution in [0.2, 0.25) is 0 Å². The summed E-state index contributed by atoms with van der Waals surface area (Å²) in [5.74, 6) is 0.156. The maximum Gasteiger partial charge on any atom is 0.319 e. The average molecular weight is 402 g/mol. The number of hydrogen-bond donors (Lipinski definition) is 2. The van der Waals surface area contributed by atoms with Gasteiger partial charge in [0.2, 0.25) is 11.9 Å². The SMILES string of the molecule is COc1ccc(NC(=O)NCCC(=O)N2CCN(c3ncccn3)CC2)cc1F. The highest BCUT2D eigenvalue weighted by atomic mass is 19.1. The Hall–Kier alpha value is -3.43. The van der Waals surface area contributed by atoms with Crippen LogP contribution in [0.25, 0.3) is 0 Å². The predicted molar refractivity (Wildman–Crippen MR) is 105 cm³/mol. The first-order chi connectivity index (χ1) is 14.1. The van der Waals surface area contributed by atoms with Gasteiger partial charge in [-0.05, 0) is 18.2 Å². The van der Waals surface area contributed by atoms with Gasteiger partial charge in [0.1, 0.15) is 0 Å². The number of urea groups is 1. The zero-order valence-electron chi connectivity index (χ0n) is 16.1. The Morgan fingerprint density at radius 3 is 2.55 bits per heavy atom. The summed E-state index contributed by atoms with van der Waals surface area (Å²) in [7, 11) is 1.37. The highest BCUT2D eigenvalue weighted by Gasteiger charge is 2.22. The van der Waals surface area contributed by atoms with Gasteiger partial charge in [-0.3, -0.25) is 4.79 Å². The molecule has 3 rings (SSSR count). The number of anilines is 2. The number of carbonyl (C=O) groups is 2. The summed E-state index contributed by atoms with van der Waals surface area (Å²) in [6.45, 7) is 2.66. The van der Waals surface area contributed by atoms with Crippen LogP contribution in [-0.4, -0.2) is 66.6 Å². The molecule has 1 saturated heterocycles. The van der Waals surface area contributed by atoms with Crippen molar-refractivity contribution >= 4 is 23.6 Å². The number of ether oxygens (including phenoxy) is 1. The molecule has 0 bridgehead atoms. The second-order valence-electron chi connectivity index (χ2n) is 6.40. The molecule has 1 fully saturated rings. The quantitative estimate of drug-likeness (QED) is 0.759. The van der Waals surface area contributed by atoms with Crippen LogP contribution < -0.4 is 20.3 Å². The molecule has 1 aromatic carbocycles. The molecule has 9 nitrogen and oxygen atoms in total. The minimum absolute atomic E-state index is 0.0329. The molecule has 0 aliphatic carbocycles. The number of rotatable bonds is 6. The number of methoxy groups -OCH3 is 1. The van der Waals surface area contributed by atoms with Gasteiger partial charge in [-0.15, -0.1) is 0 Å². The Morgan fingerprint density at radius 2 is 1.90 bits per heavy atom. The summed E-state index contributed by atoms with van der Waals surface area (Å²) < 4.78 is 18.5. The molecule has 1 aliphatic heterocycles. The van der Waals surface area contributed by atoms with E-state index in [0.717, 1.165) is 0 Å². The van der Waals surface area contributed by atoms with Crippen molar-refractivity contribution in [2.24, 2.45) is 0 Å². The van der Waals surface area contributed by atoms with Crippen LogP contribution in [-0.2, 0) is 4.79 Å². The third-order valence-corrected chi connectivity index (χ3v) is 4.50. The topological polar surface area (TPSA) is 99.7 Å². The minimum Gasteiger partial charge on any atom is -0.494 e. The van der Waals surface area contributed by atoms with E-state index in [1.165, 1.54) is 25.3 Å². The molecule has 29 heavy (non-hydrogen) atoms. The van der Waals surface area contributed by atoms with Gasteiger partial charge in [-0.25, -0.2) is 19.2 Å². The Labute approximate surface area is 167 Å². The highest BCUT2D eigenvalue weighted by Crippen LogP contribution is 2.20. The summed E-state index contributed by atoms with van der Waals surface area (Å²) in [4.78, 5) is 36.5. The monoisotopic (exact) mass is 402 g/mol. The van der Waals surface area contributed by atoms with Gasteiger partial charge in [0.25, 0.3) is 0 Å². The fraction of sp³-hybridized carbons (Fsp3) is 0.368. The van der Waals surface area contributed by atoms with E-state index >= 15 is 0 Å². The van der Waals surface area contributed by atoms with Crippen molar-refractivity contribution in [1.82, 2.24) is 20.2 Å². The Kier molecular flexibility index (Phi) is 6.77. The summed E-state index contributed by atoms with van der Waals surface area (Å²) in [5.41, 5.74) is 0.298. The van der Waals surface area contributed by atoms with E-state index in [2.05, 4.69) is 20.6 Å². The molecule has 1 aromatic heterocycles. The number of halogens is 1. The van der Waals surface area contributed by atoms with Crippen LogP contribution in [0.1, 0.15) is 6.42 Å². The van der Waals surface area contributed by atoms with Crippen LogP contribution in [0.5, 0.6) is 5.75 Å². The lowest BCUT2D eigenvalue weighted by molar-refractivity contribution is -0.131. The lowest BCUT2D eigenvalue weighted by Crippen LogP contribution is -2.49. The number of nitrogens with one attached hydrogen (secondary N) is 2. The zero-order chi connectivity index (χ0) is 20.6. The van der Waals surface area contributed by atoms with E-state index in [1.807, 2.05) is 4.90 Å². The van der Waals surface area contributed by atoms with Crippen molar-refractivity contribution in [3.8, 4) is 5.75 Å². The van der Waals surface area contributed by atoms with Gasteiger partial charge in [0.15, 0.2) is 11.6 Å². The first-order valence-corrected chi connectivity index (χ1v) is 9.25. The van der Waals surface area contributed by atoms with E-state index in [9.17, 15) is 14.0 Å². The molecule has 154 valence electrons. The number of piperazine rings is 1. The van der Waals surface area contributed by atoms with Crippen molar-refractivity contribution in [2.75, 3.05) is 50.1 Å². The van der Waals surface area contributed by atoms with Gasteiger partial charge >= 0.3 is 6.03 Å². The molecule has 0 saturated carbocycles. The molecule has 10 heteroatoms. The van der Waals surface area contributed by atoms with Crippen molar-refractivity contribution in [3.05, 3.63) is 42.5 Å². The Balaban J connectivity index is 1.37. The van der Waals surface area contributed by atoms with Crippen LogP contribution >= 0.6 is 0 Å². The first kappa shape index (κ1) is 20.3. The van der Waals surface area contributed by atoms with E-state index in [1.54, 1.807) is 23.4 Å². The highest BCUT2D eigenvalue weighted by molar-refractivity contribution is 5.89. The van der Waals surface area contributed by atoms with Crippen LogP contribution in [0.3, 0.4) is 0 Å². The second-order valence-corrected chi connectivity index (χ2v) is 6.40. The number of carbonyl (C=O) groups excluding carboxylic acids is 2. The van der Waals surface area contributed by atoms with Crippen molar-refractivity contribution in [3.63, 3.8) is 0 Å². The van der Waals surface area contributed by atoms with Gasteiger partial charge in [0, 0.05) is 63.3 Å². The van der Waals surface area contributed by atoms with Crippen LogP contribution in [0.4, 0.5) is 20.8 Å². The fourth-order valence-electron chi connectivity index (χ4n) is 2.97. The van der Waals surface area contributed by atoms with Crippen molar-refractivity contribution in [2.45, 2.75) is 6.42 Å². The first-order valence-electron chi connectivity index (χ1n) is 9.25. The van der Waals surface area contributed by atoms with Gasteiger partial charge < -0.3 is 25.2 Å². The van der Waals surface area contributed by atoms with E-state index in [4.69, 9.17) is 4.74 Å². The molecular weight excluding hydrogens is 379 g/mol. The smallest absolute Gasteiger partial charge is 0.319 e. The largest absolute Gasteiger partial charge is 0.494 e. The maximum atomic E-state index is 13.6. The summed E-state index contributed by atoms with van der Waals surface area (Å²) >= 11 is 0. The Bertz CT molecular complexity index is 843. The van der Waals surface area contributed by atoms with E-state index in [-0.39, 0.29) is 24.6 Å². The Morgan fingerprint density at radius 1 is 1.17 bits per heavy atom. The lowest BCUT2D eigenvalue weighted by atomic mass is 10.3. The molecule has 0 atom stereocenters. The number of benzene rings is 1. The molecule has 0 unspecified atom stereocenters. The van der Waals surface area contributed by atoms with Crippen molar-refractivity contribution < 1.29 is 18.7 Å². The van der Waals surface area contributed by atoms with Crippen molar-refractivity contribution in [1.29, 1.82) is 0 Å². The average Bonchev–Trinajstić information content (AvgIpc) is 2.74. The normalized spacial score (nSPS) is 13.7.